The molecule has 0 spiro atoms. The van der Waals surface area contributed by atoms with Crippen LogP contribution < -0.4 is 0 Å². The van der Waals surface area contributed by atoms with Crippen molar-refractivity contribution >= 4 is 23.3 Å². The Balaban J connectivity index is 1.49. The zero-order chi connectivity index (χ0) is 19.4. The van der Waals surface area contributed by atoms with Gasteiger partial charge in [0.1, 0.15) is 0 Å². The van der Waals surface area contributed by atoms with Crippen molar-refractivity contribution in [2.45, 2.75) is 39.7 Å². The Morgan fingerprint density at radius 1 is 1.15 bits per heavy atom. The molecule has 0 saturated carbocycles. The molecule has 2 aromatic rings. The largest absolute Gasteiger partial charge is 0.337 e. The molecular formula is C22H29N3OS. The number of thiazole rings is 1. The Labute approximate surface area is 166 Å². The monoisotopic (exact) mass is 383 g/mol. The van der Waals surface area contributed by atoms with Gasteiger partial charge in [0.2, 0.25) is 5.91 Å². The highest BCUT2D eigenvalue weighted by Gasteiger charge is 2.20. The Morgan fingerprint density at radius 3 is 2.37 bits per heavy atom. The van der Waals surface area contributed by atoms with Gasteiger partial charge in [0.15, 0.2) is 0 Å². The minimum atomic E-state index is 0.0963. The quantitative estimate of drug-likeness (QED) is 0.746. The molecule has 1 aromatic heterocycles. The Bertz CT molecular complexity index is 794. The second kappa shape index (κ2) is 8.36. The maximum Gasteiger partial charge on any atom is 0.246 e. The van der Waals surface area contributed by atoms with E-state index in [-0.39, 0.29) is 11.3 Å². The van der Waals surface area contributed by atoms with Gasteiger partial charge in [-0.3, -0.25) is 9.69 Å². The van der Waals surface area contributed by atoms with Gasteiger partial charge in [-0.2, -0.15) is 0 Å². The summed E-state index contributed by atoms with van der Waals surface area (Å²) < 4.78 is 0. The summed E-state index contributed by atoms with van der Waals surface area (Å²) in [6, 6.07) is 8.45. The lowest BCUT2D eigenvalue weighted by Gasteiger charge is -2.33. The van der Waals surface area contributed by atoms with E-state index in [1.165, 1.54) is 5.56 Å². The number of carbonyl (C=O) groups is 1. The zero-order valence-electron chi connectivity index (χ0n) is 16.7. The van der Waals surface area contributed by atoms with Gasteiger partial charge in [0.25, 0.3) is 0 Å². The van der Waals surface area contributed by atoms with Crippen molar-refractivity contribution in [2.24, 2.45) is 0 Å². The fourth-order valence-corrected chi connectivity index (χ4v) is 3.81. The molecule has 1 fully saturated rings. The van der Waals surface area contributed by atoms with Crippen LogP contribution >= 0.6 is 11.3 Å². The van der Waals surface area contributed by atoms with Crippen LogP contribution in [-0.2, 0) is 16.8 Å². The van der Waals surface area contributed by atoms with Crippen LogP contribution in [0.4, 0.5) is 0 Å². The molecule has 144 valence electrons. The van der Waals surface area contributed by atoms with Gasteiger partial charge >= 0.3 is 0 Å². The van der Waals surface area contributed by atoms with Crippen LogP contribution in [0.3, 0.4) is 0 Å². The molecule has 0 unspecified atom stereocenters. The molecule has 1 aromatic carbocycles. The third-order valence-electron chi connectivity index (χ3n) is 4.93. The maximum atomic E-state index is 12.5. The lowest BCUT2D eigenvalue weighted by atomic mass is 9.87. The van der Waals surface area contributed by atoms with Crippen molar-refractivity contribution in [2.75, 3.05) is 26.2 Å². The summed E-state index contributed by atoms with van der Waals surface area (Å²) in [4.78, 5) is 21.3. The number of benzene rings is 1. The van der Waals surface area contributed by atoms with E-state index in [9.17, 15) is 4.79 Å². The van der Waals surface area contributed by atoms with Crippen LogP contribution in [0.25, 0.3) is 6.08 Å². The van der Waals surface area contributed by atoms with E-state index < -0.39 is 0 Å². The Hall–Kier alpha value is -1.98. The molecule has 0 radical (unpaired) electrons. The molecule has 2 heterocycles. The molecule has 0 N–H and O–H groups in total. The summed E-state index contributed by atoms with van der Waals surface area (Å²) in [5.41, 5.74) is 3.65. The maximum absolute atomic E-state index is 12.5. The van der Waals surface area contributed by atoms with Crippen LogP contribution in [0.5, 0.6) is 0 Å². The van der Waals surface area contributed by atoms with E-state index in [4.69, 9.17) is 0 Å². The number of hydrogen-bond donors (Lipinski definition) is 0. The van der Waals surface area contributed by atoms with Gasteiger partial charge in [-0.1, -0.05) is 45.0 Å². The van der Waals surface area contributed by atoms with Gasteiger partial charge in [-0.15, -0.1) is 11.3 Å². The van der Waals surface area contributed by atoms with Crippen LogP contribution in [0, 0.1) is 6.92 Å². The van der Waals surface area contributed by atoms with Crippen molar-refractivity contribution in [1.29, 1.82) is 0 Å². The first-order valence-electron chi connectivity index (χ1n) is 9.52. The number of hydrogen-bond acceptors (Lipinski definition) is 4. The molecule has 1 aliphatic heterocycles. The number of rotatable bonds is 4. The fraction of sp³-hybridized carbons (Fsp3) is 0.455. The Morgan fingerprint density at radius 2 is 1.81 bits per heavy atom. The van der Waals surface area contributed by atoms with Crippen molar-refractivity contribution < 1.29 is 4.79 Å². The van der Waals surface area contributed by atoms with Crippen LogP contribution in [-0.4, -0.2) is 46.9 Å². The smallest absolute Gasteiger partial charge is 0.246 e. The first-order valence-corrected chi connectivity index (χ1v) is 10.4. The highest BCUT2D eigenvalue weighted by molar-refractivity contribution is 7.09. The molecule has 1 saturated heterocycles. The molecule has 1 amide bonds. The molecule has 27 heavy (non-hydrogen) atoms. The molecule has 0 aliphatic carbocycles. The second-order valence-electron chi connectivity index (χ2n) is 8.16. The molecule has 5 heteroatoms. The highest BCUT2D eigenvalue weighted by Crippen LogP contribution is 2.22. The standard InChI is InChI=1S/C22H29N3OS/c1-17-23-20(16-27-17)15-24-11-13-25(14-12-24)21(26)10-7-18-5-8-19(9-6-18)22(2,3)4/h5-10,16H,11-15H2,1-4H3. The zero-order valence-corrected chi connectivity index (χ0v) is 17.6. The third kappa shape index (κ3) is 5.50. The third-order valence-corrected chi connectivity index (χ3v) is 5.75. The van der Waals surface area contributed by atoms with Crippen LogP contribution in [0.1, 0.15) is 42.6 Å². The lowest BCUT2D eigenvalue weighted by Crippen LogP contribution is -2.47. The molecule has 1 aliphatic rings. The molecular weight excluding hydrogens is 354 g/mol. The van der Waals surface area contributed by atoms with Gasteiger partial charge in [0, 0.05) is 44.2 Å². The number of aryl methyl sites for hydroxylation is 1. The molecule has 4 nitrogen and oxygen atoms in total. The van der Waals surface area contributed by atoms with Gasteiger partial charge in [-0.25, -0.2) is 4.98 Å². The average Bonchev–Trinajstić information content (AvgIpc) is 3.04. The molecule has 0 atom stereocenters. The Kier molecular flexibility index (Phi) is 6.12. The van der Waals surface area contributed by atoms with Gasteiger partial charge in [-0.05, 0) is 29.5 Å². The number of amides is 1. The normalized spacial score (nSPS) is 16.2. The van der Waals surface area contributed by atoms with Gasteiger partial charge < -0.3 is 4.90 Å². The van der Waals surface area contributed by atoms with Crippen molar-refractivity contribution in [3.8, 4) is 0 Å². The van der Waals surface area contributed by atoms with Crippen molar-refractivity contribution in [3.05, 3.63) is 57.6 Å². The number of nitrogens with zero attached hydrogens (tertiary/aromatic N) is 3. The van der Waals surface area contributed by atoms with E-state index in [1.807, 2.05) is 17.9 Å². The van der Waals surface area contributed by atoms with Crippen molar-refractivity contribution in [3.63, 3.8) is 0 Å². The molecule has 0 bridgehead atoms. The van der Waals surface area contributed by atoms with E-state index in [0.29, 0.717) is 0 Å². The first-order chi connectivity index (χ1) is 12.8. The second-order valence-corrected chi connectivity index (χ2v) is 9.23. The average molecular weight is 384 g/mol. The summed E-state index contributed by atoms with van der Waals surface area (Å²) in [5, 5.41) is 3.24. The van der Waals surface area contributed by atoms with E-state index in [2.05, 4.69) is 60.3 Å². The fourth-order valence-electron chi connectivity index (χ4n) is 3.20. The minimum absolute atomic E-state index is 0.0963. The van der Waals surface area contributed by atoms with Crippen molar-refractivity contribution in [1.82, 2.24) is 14.8 Å². The van der Waals surface area contributed by atoms with E-state index in [1.54, 1.807) is 17.4 Å². The van der Waals surface area contributed by atoms with E-state index >= 15 is 0 Å². The summed E-state index contributed by atoms with van der Waals surface area (Å²) in [5.74, 6) is 0.0963. The number of carbonyl (C=O) groups excluding carboxylic acids is 1. The predicted molar refractivity (Wildman–Crippen MR) is 113 cm³/mol. The number of aromatic nitrogens is 1. The highest BCUT2D eigenvalue weighted by atomic mass is 32.1. The minimum Gasteiger partial charge on any atom is -0.337 e. The summed E-state index contributed by atoms with van der Waals surface area (Å²) in [6.45, 7) is 12.9. The van der Waals surface area contributed by atoms with E-state index in [0.717, 1.165) is 49.0 Å². The summed E-state index contributed by atoms with van der Waals surface area (Å²) in [6.07, 6.45) is 3.62. The van der Waals surface area contributed by atoms with Crippen LogP contribution in [0.2, 0.25) is 0 Å². The topological polar surface area (TPSA) is 36.4 Å². The predicted octanol–water partition coefficient (Wildman–Crippen LogP) is 4.11. The van der Waals surface area contributed by atoms with Crippen LogP contribution in [0.15, 0.2) is 35.7 Å². The summed E-state index contributed by atoms with van der Waals surface area (Å²) in [7, 11) is 0. The molecule has 3 rings (SSSR count). The summed E-state index contributed by atoms with van der Waals surface area (Å²) >= 11 is 1.69. The SMILES string of the molecule is Cc1nc(CN2CCN(C(=O)C=Cc3ccc(C(C)(C)C)cc3)CC2)cs1. The first kappa shape index (κ1) is 19.8. The lowest BCUT2D eigenvalue weighted by molar-refractivity contribution is -0.127. The number of piperazine rings is 1. The van der Waals surface area contributed by atoms with Gasteiger partial charge in [0.05, 0.1) is 10.7 Å².